The van der Waals surface area contributed by atoms with E-state index in [1.807, 2.05) is 18.2 Å². The van der Waals surface area contributed by atoms with Crippen LogP contribution in [-0.4, -0.2) is 25.2 Å². The van der Waals surface area contributed by atoms with Gasteiger partial charge in [0.1, 0.15) is 15.4 Å². The van der Waals surface area contributed by atoms with Gasteiger partial charge in [0.05, 0.1) is 25.5 Å². The van der Waals surface area contributed by atoms with E-state index in [0.717, 1.165) is 15.3 Å². The summed E-state index contributed by atoms with van der Waals surface area (Å²) in [6.45, 7) is 0. The van der Waals surface area contributed by atoms with Gasteiger partial charge in [0.2, 0.25) is 0 Å². The van der Waals surface area contributed by atoms with Gasteiger partial charge < -0.3 is 14.2 Å². The number of esters is 1. The summed E-state index contributed by atoms with van der Waals surface area (Å²) in [7, 11) is 2.89. The number of rotatable bonds is 5. The van der Waals surface area contributed by atoms with E-state index in [1.54, 1.807) is 25.3 Å². The molecule has 7 heteroatoms. The molecule has 1 heterocycles. The first-order valence-corrected chi connectivity index (χ1v) is 7.56. The lowest BCUT2D eigenvalue weighted by atomic mass is 10.2. The SMILES string of the molecule is COC(=O)c1ccc(NSc2cccc(Br)n2)c(OC)c1. The molecule has 0 radical (unpaired) electrons. The van der Waals surface area contributed by atoms with Crippen molar-refractivity contribution in [1.29, 1.82) is 0 Å². The first-order chi connectivity index (χ1) is 10.1. The number of ether oxygens (including phenoxy) is 2. The second kappa shape index (κ2) is 7.33. The number of benzene rings is 1. The zero-order chi connectivity index (χ0) is 15.2. The minimum Gasteiger partial charge on any atom is -0.495 e. The molecule has 0 aliphatic rings. The highest BCUT2D eigenvalue weighted by Crippen LogP contribution is 2.30. The molecular weight excluding hydrogens is 356 g/mol. The highest BCUT2D eigenvalue weighted by Gasteiger charge is 2.10. The normalized spacial score (nSPS) is 10.0. The third-order valence-corrected chi connectivity index (χ3v) is 3.78. The molecule has 0 aliphatic carbocycles. The largest absolute Gasteiger partial charge is 0.495 e. The Morgan fingerprint density at radius 1 is 1.29 bits per heavy atom. The van der Waals surface area contributed by atoms with Crippen LogP contribution in [0.3, 0.4) is 0 Å². The van der Waals surface area contributed by atoms with Gasteiger partial charge in [0.15, 0.2) is 0 Å². The lowest BCUT2D eigenvalue weighted by molar-refractivity contribution is 0.0600. The van der Waals surface area contributed by atoms with Crippen LogP contribution in [0.25, 0.3) is 0 Å². The zero-order valence-corrected chi connectivity index (χ0v) is 13.8. The van der Waals surface area contributed by atoms with Crippen LogP contribution < -0.4 is 9.46 Å². The van der Waals surface area contributed by atoms with Gasteiger partial charge in [-0.1, -0.05) is 6.07 Å². The second-order valence-corrected chi connectivity index (χ2v) is 5.55. The third-order valence-electron chi connectivity index (χ3n) is 2.58. The lowest BCUT2D eigenvalue weighted by Gasteiger charge is -2.11. The summed E-state index contributed by atoms with van der Waals surface area (Å²) in [5.41, 5.74) is 1.18. The predicted octanol–water partition coefficient (Wildman–Crippen LogP) is 3.76. The van der Waals surface area contributed by atoms with Crippen molar-refractivity contribution in [3.63, 3.8) is 0 Å². The quantitative estimate of drug-likeness (QED) is 0.492. The Morgan fingerprint density at radius 3 is 2.76 bits per heavy atom. The number of methoxy groups -OCH3 is 2. The molecule has 1 aromatic heterocycles. The molecule has 0 saturated heterocycles. The molecule has 0 aliphatic heterocycles. The zero-order valence-electron chi connectivity index (χ0n) is 11.4. The lowest BCUT2D eigenvalue weighted by Crippen LogP contribution is -2.02. The van der Waals surface area contributed by atoms with Gasteiger partial charge >= 0.3 is 5.97 Å². The molecule has 0 amide bonds. The Hall–Kier alpha value is -1.73. The summed E-state index contributed by atoms with van der Waals surface area (Å²) in [6.07, 6.45) is 0. The predicted molar refractivity (Wildman–Crippen MR) is 85.8 cm³/mol. The Labute approximate surface area is 135 Å². The topological polar surface area (TPSA) is 60.5 Å². The molecule has 1 N–H and O–H groups in total. The van der Waals surface area contributed by atoms with Crippen LogP contribution >= 0.6 is 27.9 Å². The Kier molecular flexibility index (Phi) is 5.46. The van der Waals surface area contributed by atoms with E-state index in [9.17, 15) is 4.79 Å². The summed E-state index contributed by atoms with van der Waals surface area (Å²) in [4.78, 5) is 15.8. The Balaban J connectivity index is 2.14. The van der Waals surface area contributed by atoms with Crippen LogP contribution in [0.5, 0.6) is 5.75 Å². The maximum absolute atomic E-state index is 11.5. The highest BCUT2D eigenvalue weighted by molar-refractivity contribution is 9.10. The van der Waals surface area contributed by atoms with Gasteiger partial charge in [-0.25, -0.2) is 9.78 Å². The van der Waals surface area contributed by atoms with Crippen molar-refractivity contribution in [1.82, 2.24) is 4.98 Å². The van der Waals surface area contributed by atoms with E-state index in [1.165, 1.54) is 19.1 Å². The van der Waals surface area contributed by atoms with Crippen LogP contribution in [0.2, 0.25) is 0 Å². The molecule has 2 aromatic rings. The molecule has 2 rings (SSSR count). The van der Waals surface area contributed by atoms with Crippen molar-refractivity contribution in [3.8, 4) is 5.75 Å². The number of pyridine rings is 1. The highest BCUT2D eigenvalue weighted by atomic mass is 79.9. The first kappa shape index (κ1) is 15.7. The molecule has 0 saturated carbocycles. The van der Waals surface area contributed by atoms with Gasteiger partial charge in [-0.05, 0) is 46.3 Å². The number of carbonyl (C=O) groups excluding carboxylic acids is 1. The standard InChI is InChI=1S/C14H13BrN2O3S/c1-19-11-8-9(14(18)20-2)6-7-10(11)17-21-13-5-3-4-12(15)16-13/h3-8,17H,1-2H3. The maximum atomic E-state index is 11.5. The minimum absolute atomic E-state index is 0.402. The number of aromatic nitrogens is 1. The van der Waals surface area contributed by atoms with E-state index in [-0.39, 0.29) is 0 Å². The number of hydrogen-bond acceptors (Lipinski definition) is 6. The van der Waals surface area contributed by atoms with Gasteiger partial charge in [0.25, 0.3) is 0 Å². The minimum atomic E-state index is -0.402. The summed E-state index contributed by atoms with van der Waals surface area (Å²) in [5.74, 6) is 0.154. The molecular formula is C14H13BrN2O3S. The van der Waals surface area contributed by atoms with E-state index >= 15 is 0 Å². The Bertz CT molecular complexity index is 652. The van der Waals surface area contributed by atoms with Crippen LogP contribution in [0, 0.1) is 0 Å². The smallest absolute Gasteiger partial charge is 0.337 e. The molecule has 0 spiro atoms. The van der Waals surface area contributed by atoms with Crippen LogP contribution in [0.15, 0.2) is 46.0 Å². The monoisotopic (exact) mass is 368 g/mol. The van der Waals surface area contributed by atoms with E-state index in [4.69, 9.17) is 4.74 Å². The fourth-order valence-electron chi connectivity index (χ4n) is 1.57. The fourth-order valence-corrected chi connectivity index (χ4v) is 2.71. The average molecular weight is 369 g/mol. The van der Waals surface area contributed by atoms with Crippen molar-refractivity contribution >= 4 is 39.5 Å². The number of carbonyl (C=O) groups is 1. The van der Waals surface area contributed by atoms with Crippen molar-refractivity contribution < 1.29 is 14.3 Å². The number of nitrogens with one attached hydrogen (secondary N) is 1. The number of hydrogen-bond donors (Lipinski definition) is 1. The number of anilines is 1. The second-order valence-electron chi connectivity index (χ2n) is 3.91. The molecule has 0 bridgehead atoms. The molecule has 0 atom stereocenters. The van der Waals surface area contributed by atoms with Gasteiger partial charge in [0, 0.05) is 11.9 Å². The third kappa shape index (κ3) is 4.12. The summed E-state index contributed by atoms with van der Waals surface area (Å²) >= 11 is 4.67. The summed E-state index contributed by atoms with van der Waals surface area (Å²) in [5, 5.41) is 0.809. The molecule has 5 nitrogen and oxygen atoms in total. The average Bonchev–Trinajstić information content (AvgIpc) is 2.52. The van der Waals surface area contributed by atoms with Crippen LogP contribution in [0.1, 0.15) is 10.4 Å². The van der Waals surface area contributed by atoms with Crippen LogP contribution in [-0.2, 0) is 4.74 Å². The van der Waals surface area contributed by atoms with E-state index < -0.39 is 5.97 Å². The van der Waals surface area contributed by atoms with Crippen LogP contribution in [0.4, 0.5) is 5.69 Å². The Morgan fingerprint density at radius 2 is 2.10 bits per heavy atom. The summed E-state index contributed by atoms with van der Waals surface area (Å²) < 4.78 is 13.9. The molecule has 1 aromatic carbocycles. The number of halogens is 1. The number of nitrogens with zero attached hydrogens (tertiary/aromatic N) is 1. The van der Waals surface area contributed by atoms with Gasteiger partial charge in [-0.3, -0.25) is 0 Å². The molecule has 21 heavy (non-hydrogen) atoms. The molecule has 0 unspecified atom stereocenters. The van der Waals surface area contributed by atoms with E-state index in [2.05, 4.69) is 30.4 Å². The van der Waals surface area contributed by atoms with Crippen molar-refractivity contribution in [3.05, 3.63) is 46.6 Å². The van der Waals surface area contributed by atoms with Crippen molar-refractivity contribution in [2.75, 3.05) is 18.9 Å². The fraction of sp³-hybridized carbons (Fsp3) is 0.143. The van der Waals surface area contributed by atoms with Gasteiger partial charge in [-0.15, -0.1) is 0 Å². The first-order valence-electron chi connectivity index (χ1n) is 5.96. The maximum Gasteiger partial charge on any atom is 0.337 e. The molecule has 110 valence electrons. The molecule has 0 fully saturated rings. The summed E-state index contributed by atoms with van der Waals surface area (Å²) in [6, 6.07) is 10.7. The van der Waals surface area contributed by atoms with Gasteiger partial charge in [-0.2, -0.15) is 0 Å². The van der Waals surface area contributed by atoms with E-state index in [0.29, 0.717) is 11.3 Å². The van der Waals surface area contributed by atoms with Crippen molar-refractivity contribution in [2.45, 2.75) is 5.03 Å². The van der Waals surface area contributed by atoms with Crippen molar-refractivity contribution in [2.24, 2.45) is 0 Å².